The summed E-state index contributed by atoms with van der Waals surface area (Å²) >= 11 is 2.55. The summed E-state index contributed by atoms with van der Waals surface area (Å²) in [4.78, 5) is 12.1. The third kappa shape index (κ3) is 4.59. The second-order valence-corrected chi connectivity index (χ2v) is 7.32. The molecule has 0 bridgehead atoms. The maximum atomic E-state index is 12.1. The van der Waals surface area contributed by atoms with Gasteiger partial charge in [-0.3, -0.25) is 10.1 Å². The first kappa shape index (κ1) is 20.9. The number of nitrogens with one attached hydrogen (secondary N) is 1. The van der Waals surface area contributed by atoms with Gasteiger partial charge in [-0.25, -0.2) is 0 Å². The number of nitrogens with zero attached hydrogens (tertiary/aromatic N) is 5. The minimum atomic E-state index is -0.188. The van der Waals surface area contributed by atoms with Gasteiger partial charge in [0.05, 0.1) is 27.1 Å². The molecule has 2 aromatic heterocycles. The highest BCUT2D eigenvalue weighted by atomic mass is 32.2. The zero-order valence-electron chi connectivity index (χ0n) is 16.3. The molecule has 2 heterocycles. The van der Waals surface area contributed by atoms with Crippen molar-refractivity contribution in [1.82, 2.24) is 25.0 Å². The lowest BCUT2D eigenvalue weighted by Gasteiger charge is -2.14. The van der Waals surface area contributed by atoms with E-state index in [9.17, 15) is 4.79 Å². The molecule has 3 rings (SSSR count). The lowest BCUT2D eigenvalue weighted by atomic mass is 10.1. The van der Waals surface area contributed by atoms with Crippen molar-refractivity contribution in [2.24, 2.45) is 0 Å². The van der Waals surface area contributed by atoms with Crippen molar-refractivity contribution in [2.75, 3.05) is 32.4 Å². The Morgan fingerprint density at radius 3 is 2.41 bits per heavy atom. The van der Waals surface area contributed by atoms with Gasteiger partial charge in [0.1, 0.15) is 5.51 Å². The lowest BCUT2D eigenvalue weighted by molar-refractivity contribution is -0.113. The Morgan fingerprint density at radius 1 is 1.14 bits per heavy atom. The third-order valence-corrected chi connectivity index (χ3v) is 5.47. The van der Waals surface area contributed by atoms with Gasteiger partial charge in [0, 0.05) is 12.1 Å². The Labute approximate surface area is 175 Å². The zero-order valence-corrected chi connectivity index (χ0v) is 18.0. The van der Waals surface area contributed by atoms with E-state index in [-0.39, 0.29) is 11.7 Å². The number of hydrogen-bond donors (Lipinski definition) is 1. The molecule has 0 fully saturated rings. The van der Waals surface area contributed by atoms with Crippen molar-refractivity contribution in [1.29, 1.82) is 0 Å². The molecule has 0 radical (unpaired) electrons. The number of aromatic nitrogens is 5. The van der Waals surface area contributed by atoms with Crippen LogP contribution < -0.4 is 19.5 Å². The van der Waals surface area contributed by atoms with Crippen LogP contribution in [0.5, 0.6) is 17.2 Å². The van der Waals surface area contributed by atoms with Crippen LogP contribution in [-0.4, -0.2) is 58.0 Å². The number of methoxy groups -OCH3 is 3. The van der Waals surface area contributed by atoms with Crippen LogP contribution in [0.2, 0.25) is 0 Å². The Bertz CT molecular complexity index is 951. The van der Waals surface area contributed by atoms with E-state index in [0.717, 1.165) is 5.56 Å². The normalized spacial score (nSPS) is 10.6. The molecule has 10 nitrogen and oxygen atoms in total. The van der Waals surface area contributed by atoms with Crippen LogP contribution in [0, 0.1) is 0 Å². The fraction of sp³-hybridized carbons (Fsp3) is 0.353. The Balaban J connectivity index is 1.83. The standard InChI is InChI=1S/C17H20N6O4S2/c1-5-23-15(10-6-11(25-2)14(27-4)12(7-10)26-3)20-22-17(23)28-8-13(24)19-16-21-18-9-29-16/h6-7,9H,5,8H2,1-4H3,(H,19,21,24). The molecule has 29 heavy (non-hydrogen) atoms. The molecular weight excluding hydrogens is 416 g/mol. The second kappa shape index (κ2) is 9.56. The van der Waals surface area contributed by atoms with Crippen molar-refractivity contribution in [2.45, 2.75) is 18.6 Å². The molecule has 0 aliphatic carbocycles. The van der Waals surface area contributed by atoms with Gasteiger partial charge in [-0.1, -0.05) is 23.1 Å². The fourth-order valence-corrected chi connectivity index (χ4v) is 3.88. The molecule has 3 aromatic rings. The van der Waals surface area contributed by atoms with Crippen LogP contribution in [0.25, 0.3) is 11.4 Å². The van der Waals surface area contributed by atoms with Gasteiger partial charge in [-0.15, -0.1) is 20.4 Å². The van der Waals surface area contributed by atoms with Crippen molar-refractivity contribution in [3.8, 4) is 28.6 Å². The summed E-state index contributed by atoms with van der Waals surface area (Å²) < 4.78 is 18.1. The van der Waals surface area contributed by atoms with Crippen LogP contribution in [-0.2, 0) is 11.3 Å². The highest BCUT2D eigenvalue weighted by Gasteiger charge is 2.19. The first-order chi connectivity index (χ1) is 14.1. The van der Waals surface area contributed by atoms with E-state index in [1.54, 1.807) is 26.8 Å². The molecular formula is C17H20N6O4S2. The number of amides is 1. The van der Waals surface area contributed by atoms with Gasteiger partial charge >= 0.3 is 0 Å². The number of carbonyl (C=O) groups is 1. The highest BCUT2D eigenvalue weighted by Crippen LogP contribution is 2.41. The van der Waals surface area contributed by atoms with Crippen molar-refractivity contribution in [3.05, 3.63) is 17.6 Å². The highest BCUT2D eigenvalue weighted by molar-refractivity contribution is 7.99. The quantitative estimate of drug-likeness (QED) is 0.506. The number of hydrogen-bond acceptors (Lipinski definition) is 10. The predicted octanol–water partition coefficient (Wildman–Crippen LogP) is 2.57. The minimum absolute atomic E-state index is 0.174. The van der Waals surface area contributed by atoms with E-state index in [1.165, 1.54) is 23.1 Å². The number of carbonyl (C=O) groups excluding carboxylic acids is 1. The van der Waals surface area contributed by atoms with Gasteiger partial charge in [-0.2, -0.15) is 0 Å². The van der Waals surface area contributed by atoms with Crippen molar-refractivity contribution >= 4 is 34.1 Å². The van der Waals surface area contributed by atoms with E-state index in [1.807, 2.05) is 23.6 Å². The second-order valence-electron chi connectivity index (χ2n) is 5.55. The summed E-state index contributed by atoms with van der Waals surface area (Å²) in [6, 6.07) is 3.63. The zero-order chi connectivity index (χ0) is 20.8. The van der Waals surface area contributed by atoms with Gasteiger partial charge < -0.3 is 18.8 Å². The molecule has 154 valence electrons. The molecule has 1 aromatic carbocycles. The van der Waals surface area contributed by atoms with Gasteiger partial charge in [0.15, 0.2) is 22.5 Å². The summed E-state index contributed by atoms with van der Waals surface area (Å²) in [5.41, 5.74) is 2.32. The summed E-state index contributed by atoms with van der Waals surface area (Å²) in [6.45, 7) is 2.61. The summed E-state index contributed by atoms with van der Waals surface area (Å²) in [7, 11) is 4.67. The topological polar surface area (TPSA) is 113 Å². The Morgan fingerprint density at radius 2 is 1.86 bits per heavy atom. The molecule has 0 spiro atoms. The van der Waals surface area contributed by atoms with Gasteiger partial charge in [-0.05, 0) is 19.1 Å². The maximum absolute atomic E-state index is 12.1. The average molecular weight is 437 g/mol. The number of ether oxygens (including phenoxy) is 3. The first-order valence-electron chi connectivity index (χ1n) is 8.53. The van der Waals surface area contributed by atoms with E-state index < -0.39 is 0 Å². The average Bonchev–Trinajstić information content (AvgIpc) is 3.40. The van der Waals surface area contributed by atoms with E-state index in [0.29, 0.717) is 39.9 Å². The Kier molecular flexibility index (Phi) is 6.88. The molecule has 0 saturated heterocycles. The molecule has 0 saturated carbocycles. The number of rotatable bonds is 9. The van der Waals surface area contributed by atoms with Crippen LogP contribution in [0.3, 0.4) is 0 Å². The number of anilines is 1. The van der Waals surface area contributed by atoms with Crippen molar-refractivity contribution in [3.63, 3.8) is 0 Å². The Hall–Kier alpha value is -2.86. The fourth-order valence-electron chi connectivity index (χ4n) is 2.62. The SMILES string of the molecule is CCn1c(SCC(=O)Nc2nncs2)nnc1-c1cc(OC)c(OC)c(OC)c1. The summed E-state index contributed by atoms with van der Waals surface area (Å²) in [6.07, 6.45) is 0. The van der Waals surface area contributed by atoms with Gasteiger partial charge in [0.25, 0.3) is 0 Å². The van der Waals surface area contributed by atoms with Crippen LogP contribution in [0.4, 0.5) is 5.13 Å². The molecule has 1 amide bonds. The molecule has 0 atom stereocenters. The minimum Gasteiger partial charge on any atom is -0.493 e. The lowest BCUT2D eigenvalue weighted by Crippen LogP contribution is -2.14. The number of thioether (sulfide) groups is 1. The van der Waals surface area contributed by atoms with E-state index in [2.05, 4.69) is 25.7 Å². The van der Waals surface area contributed by atoms with E-state index >= 15 is 0 Å². The molecule has 0 aliphatic heterocycles. The predicted molar refractivity (Wildman–Crippen MR) is 110 cm³/mol. The summed E-state index contributed by atoms with van der Waals surface area (Å²) in [5.74, 6) is 2.18. The van der Waals surface area contributed by atoms with Crippen LogP contribution >= 0.6 is 23.1 Å². The summed E-state index contributed by atoms with van der Waals surface area (Å²) in [5, 5.41) is 19.8. The third-order valence-electron chi connectivity index (χ3n) is 3.89. The largest absolute Gasteiger partial charge is 0.493 e. The molecule has 0 unspecified atom stereocenters. The van der Waals surface area contributed by atoms with Crippen molar-refractivity contribution < 1.29 is 19.0 Å². The number of benzene rings is 1. The first-order valence-corrected chi connectivity index (χ1v) is 10.4. The smallest absolute Gasteiger partial charge is 0.236 e. The maximum Gasteiger partial charge on any atom is 0.236 e. The van der Waals surface area contributed by atoms with Gasteiger partial charge in [0.2, 0.25) is 16.8 Å². The van der Waals surface area contributed by atoms with E-state index in [4.69, 9.17) is 14.2 Å². The van der Waals surface area contributed by atoms with Crippen LogP contribution in [0.15, 0.2) is 22.8 Å². The molecule has 12 heteroatoms. The molecule has 1 N–H and O–H groups in total. The van der Waals surface area contributed by atoms with Crippen LogP contribution in [0.1, 0.15) is 6.92 Å². The molecule has 0 aliphatic rings. The monoisotopic (exact) mass is 436 g/mol.